The molecular weight excluding hydrogens is 528 g/mol. The van der Waals surface area contributed by atoms with Crippen molar-refractivity contribution in [1.82, 2.24) is 9.21 Å². The van der Waals surface area contributed by atoms with Crippen molar-refractivity contribution in [2.45, 2.75) is 18.2 Å². The van der Waals surface area contributed by atoms with E-state index in [0.29, 0.717) is 42.6 Å². The van der Waals surface area contributed by atoms with Crippen LogP contribution in [0.5, 0.6) is 0 Å². The fraction of sp³-hybridized carbons (Fsp3) is 0.667. The molecule has 1 aromatic carbocycles. The number of benzene rings is 1. The zero-order valence-corrected chi connectivity index (χ0v) is 21.6. The average molecular weight is 557 g/mol. The highest BCUT2D eigenvalue weighted by Crippen LogP contribution is 2.35. The van der Waals surface area contributed by atoms with Crippen molar-refractivity contribution in [3.8, 4) is 0 Å². The van der Waals surface area contributed by atoms with Crippen molar-refractivity contribution in [3.05, 3.63) is 27.8 Å². The normalized spacial score (nSPS) is 16.6. The Labute approximate surface area is 197 Å². The molecule has 1 heterocycles. The maximum absolute atomic E-state index is 13.7. The third-order valence-electron chi connectivity index (χ3n) is 5.09. The first-order chi connectivity index (χ1) is 14.9. The van der Waals surface area contributed by atoms with Crippen LogP contribution in [-0.2, 0) is 24.3 Å². The third-order valence-corrected chi connectivity index (χ3v) is 7.95. The van der Waals surface area contributed by atoms with Crippen LogP contribution in [0.2, 0.25) is 0 Å². The Morgan fingerprint density at radius 1 is 1.16 bits per heavy atom. The summed E-state index contributed by atoms with van der Waals surface area (Å²) in [7, 11) is -5.80. The van der Waals surface area contributed by atoms with Gasteiger partial charge in [0.1, 0.15) is 4.90 Å². The number of nitrogens with zero attached hydrogens (tertiary/aromatic N) is 4. The maximum Gasteiger partial charge on any atom is 0.271 e. The maximum atomic E-state index is 13.7. The van der Waals surface area contributed by atoms with Crippen molar-refractivity contribution in [1.29, 1.82) is 0 Å². The van der Waals surface area contributed by atoms with Crippen LogP contribution in [0.25, 0.3) is 0 Å². The lowest BCUT2D eigenvalue weighted by atomic mass is 10.1. The number of sulfonamides is 1. The molecule has 0 bridgehead atoms. The van der Waals surface area contributed by atoms with Crippen molar-refractivity contribution in [3.63, 3.8) is 0 Å². The van der Waals surface area contributed by atoms with Crippen molar-refractivity contribution >= 4 is 47.4 Å². The van der Waals surface area contributed by atoms with Gasteiger partial charge in [-0.25, -0.2) is 8.42 Å². The number of likely N-dealkylation sites (N-methyl/N-ethyl adjacent to an activating group) is 1. The molecule has 14 heteroatoms. The van der Waals surface area contributed by atoms with E-state index in [1.807, 2.05) is 11.9 Å². The molecule has 32 heavy (non-hydrogen) atoms. The number of rotatable bonds is 10. The number of nitro benzene ring substituents is 1. The number of non-ortho nitro benzene ring substituents is 1. The van der Waals surface area contributed by atoms with Gasteiger partial charge in [0.15, 0.2) is 0 Å². The van der Waals surface area contributed by atoms with Gasteiger partial charge in [-0.05, 0) is 32.5 Å². The fourth-order valence-corrected chi connectivity index (χ4v) is 6.15. The van der Waals surface area contributed by atoms with Gasteiger partial charge < -0.3 is 9.80 Å². The van der Waals surface area contributed by atoms with Crippen LogP contribution in [-0.4, -0.2) is 95.5 Å². The number of anilines is 1. The molecule has 1 aliphatic rings. The van der Waals surface area contributed by atoms with Gasteiger partial charge in [-0.15, -0.1) is 0 Å². The Hall–Kier alpha value is -1.32. The average Bonchev–Trinajstić information content (AvgIpc) is 2.90. The summed E-state index contributed by atoms with van der Waals surface area (Å²) in [5.41, 5.74) is 0.401. The second-order valence-electron chi connectivity index (χ2n) is 7.63. The summed E-state index contributed by atoms with van der Waals surface area (Å²) in [6.45, 7) is 3.74. The van der Waals surface area contributed by atoms with Gasteiger partial charge in [0.2, 0.25) is 10.0 Å². The van der Waals surface area contributed by atoms with E-state index in [4.69, 9.17) is 4.18 Å². The summed E-state index contributed by atoms with van der Waals surface area (Å²) in [4.78, 5) is 14.4. The molecule has 0 unspecified atom stereocenters. The number of hydrogen-bond donors (Lipinski definition) is 0. The van der Waals surface area contributed by atoms with E-state index in [0.717, 1.165) is 18.9 Å². The van der Waals surface area contributed by atoms with Gasteiger partial charge in [-0.1, -0.05) is 15.9 Å². The van der Waals surface area contributed by atoms with E-state index in [-0.39, 0.29) is 30.3 Å². The molecular formula is C18H29BrN4O7S2. The molecule has 0 aliphatic carbocycles. The standard InChI is InChI=1S/C18H29BrN4O7S2/c1-15-13-16(23(24)25)14-17(32(28,29)22-7-4-6-20(2)9-10-22)18(15)21(8-5-19)11-12-30-31(3,26)27/h13-14H,4-12H2,1-3H3. The van der Waals surface area contributed by atoms with E-state index in [1.54, 1.807) is 11.8 Å². The molecule has 1 saturated heterocycles. The van der Waals surface area contributed by atoms with E-state index in [9.17, 15) is 26.9 Å². The molecule has 1 aliphatic heterocycles. The molecule has 0 atom stereocenters. The Morgan fingerprint density at radius 3 is 2.44 bits per heavy atom. The molecule has 1 fully saturated rings. The van der Waals surface area contributed by atoms with E-state index in [2.05, 4.69) is 15.9 Å². The van der Waals surface area contributed by atoms with E-state index in [1.165, 1.54) is 10.4 Å². The van der Waals surface area contributed by atoms with Crippen LogP contribution < -0.4 is 4.90 Å². The van der Waals surface area contributed by atoms with Crippen LogP contribution in [0, 0.1) is 17.0 Å². The van der Waals surface area contributed by atoms with Crippen LogP contribution in [0.4, 0.5) is 11.4 Å². The van der Waals surface area contributed by atoms with E-state index >= 15 is 0 Å². The summed E-state index contributed by atoms with van der Waals surface area (Å²) >= 11 is 3.34. The van der Waals surface area contributed by atoms with Gasteiger partial charge in [0.25, 0.3) is 15.8 Å². The summed E-state index contributed by atoms with van der Waals surface area (Å²) in [5.74, 6) is 0. The minimum Gasteiger partial charge on any atom is -0.367 e. The number of halogens is 1. The highest BCUT2D eigenvalue weighted by atomic mass is 79.9. The first kappa shape index (κ1) is 26.9. The summed E-state index contributed by atoms with van der Waals surface area (Å²) < 4.78 is 56.2. The molecule has 0 amide bonds. The summed E-state index contributed by atoms with van der Waals surface area (Å²) in [5, 5.41) is 11.9. The number of alkyl halides is 1. The molecule has 0 radical (unpaired) electrons. The van der Waals surface area contributed by atoms with Gasteiger partial charge in [0, 0.05) is 50.2 Å². The number of nitro groups is 1. The van der Waals surface area contributed by atoms with Crippen molar-refractivity contribution in [2.75, 3.05) is 69.4 Å². The minimum absolute atomic E-state index is 0.0859. The second-order valence-corrected chi connectivity index (χ2v) is 12.0. The molecule has 0 spiro atoms. The zero-order chi connectivity index (χ0) is 24.1. The first-order valence-corrected chi connectivity index (χ1v) is 14.4. The lowest BCUT2D eigenvalue weighted by Gasteiger charge is -2.29. The topological polar surface area (TPSA) is 130 Å². The lowest BCUT2D eigenvalue weighted by molar-refractivity contribution is -0.385. The quantitative estimate of drug-likeness (QED) is 0.181. The summed E-state index contributed by atoms with van der Waals surface area (Å²) in [6.07, 6.45) is 1.58. The van der Waals surface area contributed by atoms with E-state index < -0.39 is 25.1 Å². The van der Waals surface area contributed by atoms with Gasteiger partial charge >= 0.3 is 0 Å². The first-order valence-electron chi connectivity index (χ1n) is 10.00. The largest absolute Gasteiger partial charge is 0.367 e. The summed E-state index contributed by atoms with van der Waals surface area (Å²) in [6, 6.07) is 2.41. The number of aryl methyl sites for hydroxylation is 1. The fourth-order valence-electron chi connectivity index (χ4n) is 3.57. The van der Waals surface area contributed by atoms with Crippen LogP contribution >= 0.6 is 15.9 Å². The molecule has 182 valence electrons. The van der Waals surface area contributed by atoms with Crippen LogP contribution in [0.1, 0.15) is 12.0 Å². The van der Waals surface area contributed by atoms with Gasteiger partial charge in [0.05, 0.1) is 23.5 Å². The van der Waals surface area contributed by atoms with Gasteiger partial charge in [-0.2, -0.15) is 12.7 Å². The van der Waals surface area contributed by atoms with Crippen LogP contribution in [0.15, 0.2) is 17.0 Å². The lowest BCUT2D eigenvalue weighted by Crippen LogP contribution is -2.37. The Bertz CT molecular complexity index is 1030. The monoisotopic (exact) mass is 556 g/mol. The predicted molar refractivity (Wildman–Crippen MR) is 126 cm³/mol. The smallest absolute Gasteiger partial charge is 0.271 e. The van der Waals surface area contributed by atoms with Crippen LogP contribution in [0.3, 0.4) is 0 Å². The molecule has 11 nitrogen and oxygen atoms in total. The Kier molecular flexibility index (Phi) is 9.43. The van der Waals surface area contributed by atoms with Crippen molar-refractivity contribution < 1.29 is 25.9 Å². The zero-order valence-electron chi connectivity index (χ0n) is 18.4. The molecule has 2 rings (SSSR count). The molecule has 0 saturated carbocycles. The molecule has 1 aromatic rings. The molecule has 0 aromatic heterocycles. The molecule has 0 N–H and O–H groups in total. The minimum atomic E-state index is -4.05. The highest BCUT2D eigenvalue weighted by molar-refractivity contribution is 9.09. The number of hydrogen-bond acceptors (Lipinski definition) is 9. The highest BCUT2D eigenvalue weighted by Gasteiger charge is 2.33. The second kappa shape index (κ2) is 11.2. The third kappa shape index (κ3) is 7.09. The van der Waals surface area contributed by atoms with Gasteiger partial charge in [-0.3, -0.25) is 14.3 Å². The van der Waals surface area contributed by atoms with Crippen molar-refractivity contribution in [2.24, 2.45) is 0 Å². The predicted octanol–water partition coefficient (Wildman–Crippen LogP) is 1.41. The Morgan fingerprint density at radius 2 is 1.84 bits per heavy atom. The SMILES string of the molecule is Cc1cc([N+](=O)[O-])cc(S(=O)(=O)N2CCCN(C)CC2)c1N(CCBr)CCOS(C)(=O)=O. The Balaban J connectivity index is 2.57.